The highest BCUT2D eigenvalue weighted by Crippen LogP contribution is 2.22. The molecule has 0 aromatic carbocycles. The first-order valence-electron chi connectivity index (χ1n) is 10.4. The van der Waals surface area contributed by atoms with E-state index in [9.17, 15) is 4.79 Å². The summed E-state index contributed by atoms with van der Waals surface area (Å²) in [6.45, 7) is 8.15. The number of nitrogens with one attached hydrogen (secondary N) is 1. The monoisotopic (exact) mass is 534 g/mol. The minimum Gasteiger partial charge on any atom is -0.369 e. The Morgan fingerprint density at radius 3 is 2.52 bits per heavy atom. The number of piperidine rings is 1. The second-order valence-electron chi connectivity index (χ2n) is 7.62. The lowest BCUT2D eigenvalue weighted by Crippen LogP contribution is -2.52. The van der Waals surface area contributed by atoms with Crippen LogP contribution >= 0.6 is 35.3 Å². The number of aliphatic imine (C=N–C) groups is 1. The number of piperazine rings is 1. The fraction of sp³-hybridized carbons (Fsp3) is 0.700. The van der Waals surface area contributed by atoms with Crippen LogP contribution in [0.5, 0.6) is 0 Å². The Hall–Kier alpha value is -1.07. The van der Waals surface area contributed by atoms with Gasteiger partial charge >= 0.3 is 0 Å². The molecule has 1 aromatic rings. The predicted octanol–water partition coefficient (Wildman–Crippen LogP) is 2.04. The molecule has 9 heteroatoms. The molecule has 0 saturated carbocycles. The fourth-order valence-electron chi connectivity index (χ4n) is 4.02. The number of primary amides is 1. The average Bonchev–Trinajstić information content (AvgIpc) is 3.26. The van der Waals surface area contributed by atoms with Crippen molar-refractivity contribution in [3.05, 3.63) is 17.5 Å². The van der Waals surface area contributed by atoms with Gasteiger partial charge in [-0.05, 0) is 62.8 Å². The van der Waals surface area contributed by atoms with E-state index in [1.165, 1.54) is 5.00 Å². The molecule has 2 saturated heterocycles. The molecule has 1 amide bonds. The van der Waals surface area contributed by atoms with Gasteiger partial charge in [-0.1, -0.05) is 0 Å². The first-order chi connectivity index (χ1) is 13.7. The van der Waals surface area contributed by atoms with Crippen molar-refractivity contribution < 1.29 is 4.79 Å². The number of nitrogens with zero attached hydrogens (tertiary/aromatic N) is 4. The van der Waals surface area contributed by atoms with Crippen LogP contribution in [0.3, 0.4) is 0 Å². The number of carbonyl (C=O) groups excluding carboxylic acids is 1. The number of guanidine groups is 1. The van der Waals surface area contributed by atoms with Gasteiger partial charge in [0, 0.05) is 45.7 Å². The van der Waals surface area contributed by atoms with Crippen LogP contribution in [0.4, 0.5) is 5.00 Å². The Morgan fingerprint density at radius 1 is 1.21 bits per heavy atom. The van der Waals surface area contributed by atoms with Crippen LogP contribution in [0.15, 0.2) is 22.5 Å². The maximum atomic E-state index is 11.2. The van der Waals surface area contributed by atoms with Crippen molar-refractivity contribution in [2.24, 2.45) is 16.6 Å². The van der Waals surface area contributed by atoms with Crippen LogP contribution in [-0.4, -0.2) is 81.1 Å². The second kappa shape index (κ2) is 12.6. The van der Waals surface area contributed by atoms with E-state index >= 15 is 0 Å². The molecule has 0 atom stereocenters. The van der Waals surface area contributed by atoms with Crippen molar-refractivity contribution in [2.75, 3.05) is 64.3 Å². The Bertz CT molecular complexity index is 625. The average molecular weight is 535 g/mol. The smallest absolute Gasteiger partial charge is 0.220 e. The summed E-state index contributed by atoms with van der Waals surface area (Å²) in [7, 11) is 1.87. The van der Waals surface area contributed by atoms with Crippen LogP contribution in [0.25, 0.3) is 0 Å². The van der Waals surface area contributed by atoms with Gasteiger partial charge in [0.2, 0.25) is 5.91 Å². The Kier molecular flexibility index (Phi) is 10.5. The zero-order valence-electron chi connectivity index (χ0n) is 17.4. The fourth-order valence-corrected chi connectivity index (χ4v) is 4.81. The van der Waals surface area contributed by atoms with E-state index in [1.807, 2.05) is 18.4 Å². The molecule has 0 radical (unpaired) electrons. The molecule has 0 bridgehead atoms. The standard InChI is InChI=1S/C20H34N6OS.HI/c1-22-20(26-14-12-25(13-15-26)18-5-4-16-28-18)23-8-2-3-9-24-10-6-17(7-11-24)19(21)27;/h4-5,16-17H,2-3,6-15H2,1H3,(H2,21,27)(H,22,23);1H. The van der Waals surface area contributed by atoms with Crippen LogP contribution in [0.1, 0.15) is 25.7 Å². The van der Waals surface area contributed by atoms with Gasteiger partial charge in [-0.2, -0.15) is 0 Å². The van der Waals surface area contributed by atoms with Gasteiger partial charge < -0.3 is 25.8 Å². The molecule has 0 spiro atoms. The quantitative estimate of drug-likeness (QED) is 0.243. The van der Waals surface area contributed by atoms with E-state index in [0.717, 1.165) is 84.0 Å². The molecular weight excluding hydrogens is 499 g/mol. The highest BCUT2D eigenvalue weighted by Gasteiger charge is 2.23. The number of nitrogens with two attached hydrogens (primary N) is 1. The van der Waals surface area contributed by atoms with Gasteiger partial charge in [0.25, 0.3) is 0 Å². The topological polar surface area (TPSA) is 77.2 Å². The summed E-state index contributed by atoms with van der Waals surface area (Å²) in [5, 5.41) is 7.03. The van der Waals surface area contributed by atoms with Gasteiger partial charge in [-0.25, -0.2) is 0 Å². The summed E-state index contributed by atoms with van der Waals surface area (Å²) in [6.07, 6.45) is 4.12. The molecular formula is C20H35IN6OS. The lowest BCUT2D eigenvalue weighted by Gasteiger charge is -2.37. The Balaban J connectivity index is 0.00000300. The van der Waals surface area contributed by atoms with Crippen LogP contribution < -0.4 is 16.0 Å². The van der Waals surface area contributed by atoms with Gasteiger partial charge in [-0.3, -0.25) is 9.79 Å². The maximum Gasteiger partial charge on any atom is 0.220 e. The molecule has 0 unspecified atom stereocenters. The molecule has 1 aromatic heterocycles. The van der Waals surface area contributed by atoms with Crippen molar-refractivity contribution in [1.82, 2.24) is 15.1 Å². The van der Waals surface area contributed by atoms with Crippen molar-refractivity contribution in [3.63, 3.8) is 0 Å². The number of anilines is 1. The summed E-state index contributed by atoms with van der Waals surface area (Å²) in [6, 6.07) is 4.32. The van der Waals surface area contributed by atoms with Crippen molar-refractivity contribution >= 4 is 52.2 Å². The van der Waals surface area contributed by atoms with Crippen LogP contribution in [-0.2, 0) is 4.79 Å². The molecule has 2 fully saturated rings. The van der Waals surface area contributed by atoms with E-state index < -0.39 is 0 Å². The Morgan fingerprint density at radius 2 is 1.93 bits per heavy atom. The molecule has 7 nitrogen and oxygen atoms in total. The van der Waals surface area contributed by atoms with Gasteiger partial charge in [0.1, 0.15) is 0 Å². The normalized spacial score (nSPS) is 19.1. The maximum absolute atomic E-state index is 11.2. The zero-order chi connectivity index (χ0) is 19.8. The number of hydrogen-bond acceptors (Lipinski definition) is 5. The van der Waals surface area contributed by atoms with E-state index in [4.69, 9.17) is 5.73 Å². The molecule has 3 heterocycles. The van der Waals surface area contributed by atoms with Crippen molar-refractivity contribution in [3.8, 4) is 0 Å². The molecule has 2 aliphatic rings. The minimum atomic E-state index is -0.133. The predicted molar refractivity (Wildman–Crippen MR) is 132 cm³/mol. The molecule has 3 N–H and O–H groups in total. The lowest BCUT2D eigenvalue weighted by molar-refractivity contribution is -0.123. The van der Waals surface area contributed by atoms with Gasteiger partial charge in [0.05, 0.1) is 5.00 Å². The highest BCUT2D eigenvalue weighted by atomic mass is 127. The first kappa shape index (κ1) is 24.2. The van der Waals surface area contributed by atoms with Gasteiger partial charge in [-0.15, -0.1) is 35.3 Å². The number of halogens is 1. The first-order valence-corrected chi connectivity index (χ1v) is 11.3. The van der Waals surface area contributed by atoms with Crippen LogP contribution in [0.2, 0.25) is 0 Å². The summed E-state index contributed by atoms with van der Waals surface area (Å²) < 4.78 is 0. The SMILES string of the molecule is CN=C(NCCCCN1CCC(C(N)=O)CC1)N1CCN(c2cccs2)CC1.I. The number of thiophene rings is 1. The molecule has 164 valence electrons. The summed E-state index contributed by atoms with van der Waals surface area (Å²) in [4.78, 5) is 23.0. The van der Waals surface area contributed by atoms with Crippen molar-refractivity contribution in [1.29, 1.82) is 0 Å². The molecule has 2 aliphatic heterocycles. The van der Waals surface area contributed by atoms with E-state index in [1.54, 1.807) is 0 Å². The third kappa shape index (κ3) is 7.29. The summed E-state index contributed by atoms with van der Waals surface area (Å²) >= 11 is 1.81. The zero-order valence-corrected chi connectivity index (χ0v) is 20.5. The number of rotatable bonds is 7. The van der Waals surface area contributed by atoms with E-state index in [0.29, 0.717) is 0 Å². The lowest BCUT2D eigenvalue weighted by atomic mass is 9.96. The highest BCUT2D eigenvalue weighted by molar-refractivity contribution is 14.0. The number of carbonyl (C=O) groups is 1. The molecule has 3 rings (SSSR count). The number of hydrogen-bond donors (Lipinski definition) is 2. The molecule has 29 heavy (non-hydrogen) atoms. The number of unbranched alkanes of at least 4 members (excludes halogenated alkanes) is 1. The van der Waals surface area contributed by atoms with Gasteiger partial charge in [0.15, 0.2) is 5.96 Å². The largest absolute Gasteiger partial charge is 0.369 e. The third-order valence-corrected chi connectivity index (χ3v) is 6.71. The summed E-state index contributed by atoms with van der Waals surface area (Å²) in [5.74, 6) is 0.973. The second-order valence-corrected chi connectivity index (χ2v) is 8.55. The Labute approximate surface area is 195 Å². The van der Waals surface area contributed by atoms with E-state index in [2.05, 4.69) is 42.5 Å². The van der Waals surface area contributed by atoms with E-state index in [-0.39, 0.29) is 35.8 Å². The molecule has 0 aliphatic carbocycles. The number of amides is 1. The summed E-state index contributed by atoms with van der Waals surface area (Å²) in [5.41, 5.74) is 5.40. The number of likely N-dealkylation sites (tertiary alicyclic amines) is 1. The minimum absolute atomic E-state index is 0. The third-order valence-electron chi connectivity index (χ3n) is 5.78. The van der Waals surface area contributed by atoms with Crippen molar-refractivity contribution in [2.45, 2.75) is 25.7 Å². The van der Waals surface area contributed by atoms with Crippen LogP contribution in [0, 0.1) is 5.92 Å².